The average Bonchev–Trinajstić information content (AvgIpc) is 2.36. The van der Waals surface area contributed by atoms with Crippen molar-refractivity contribution in [1.29, 1.82) is 0 Å². The molecule has 0 spiro atoms. The monoisotopic (exact) mass is 482 g/mol. The van der Waals surface area contributed by atoms with Crippen molar-refractivity contribution in [3.05, 3.63) is 39.0 Å². The summed E-state index contributed by atoms with van der Waals surface area (Å²) in [6.07, 6.45) is -4.28. The number of esters is 1. The summed E-state index contributed by atoms with van der Waals surface area (Å²) in [4.78, 5) is 11.4. The molecule has 0 atom stereocenters. The molecule has 0 bridgehead atoms. The Morgan fingerprint density at radius 2 is 1.63 bits per heavy atom. The number of benzene rings is 1. The van der Waals surface area contributed by atoms with Crippen molar-refractivity contribution in [2.45, 2.75) is 13.1 Å². The number of alkyl halides is 3. The van der Waals surface area contributed by atoms with Gasteiger partial charge in [-0.3, -0.25) is 0 Å². The van der Waals surface area contributed by atoms with Crippen LogP contribution in [-0.2, 0) is 4.74 Å². The first-order chi connectivity index (χ1) is 8.77. The summed E-state index contributed by atoms with van der Waals surface area (Å²) in [7, 11) is 0. The third-order valence-corrected chi connectivity index (χ3v) is 7.31. The molecule has 0 heterocycles. The number of halogens is 3. The summed E-state index contributed by atoms with van der Waals surface area (Å²) < 4.78 is 42.4. The number of hydrogen-bond acceptors (Lipinski definition) is 2. The zero-order valence-electron chi connectivity index (χ0n) is 9.97. The molecule has 0 N–H and O–H groups in total. The molecule has 19 heavy (non-hydrogen) atoms. The van der Waals surface area contributed by atoms with E-state index in [1.54, 1.807) is 6.92 Å². The second-order valence-electron chi connectivity index (χ2n) is 3.55. The summed E-state index contributed by atoms with van der Waals surface area (Å²) in [5.41, 5.74) is 0.835. The fourth-order valence-electron chi connectivity index (χ4n) is 1.27. The van der Waals surface area contributed by atoms with Crippen molar-refractivity contribution in [2.75, 3.05) is 6.61 Å². The molecule has 1 aromatic rings. The Kier molecular flexibility index (Phi) is 6.22. The van der Waals surface area contributed by atoms with E-state index in [9.17, 15) is 18.0 Å². The van der Waals surface area contributed by atoms with Crippen LogP contribution in [0.1, 0.15) is 22.8 Å². The Hall–Kier alpha value is -0.183. The molecule has 7 heteroatoms. The first-order valence-corrected chi connectivity index (χ1v) is 8.15. The molecule has 0 aliphatic carbocycles. The van der Waals surface area contributed by atoms with Crippen molar-refractivity contribution < 1.29 is 22.7 Å². The van der Waals surface area contributed by atoms with Crippen LogP contribution in [-0.4, -0.2) is 63.8 Å². The number of carbonyl (C=O) groups excluding carboxylic acids is 1. The second-order valence-corrected chi connectivity index (χ2v) is 6.40. The van der Waals surface area contributed by atoms with Gasteiger partial charge in [0, 0.05) is 0 Å². The molecule has 0 fully saturated rings. The first-order valence-electron chi connectivity index (χ1n) is 5.29. The predicted molar refractivity (Wildman–Crippen MR) is 66.9 cm³/mol. The molecule has 0 unspecified atom stereocenters. The fraction of sp³-hybridized carbons (Fsp3) is 0.250. The zero-order valence-corrected chi connectivity index (χ0v) is 15.7. The third-order valence-electron chi connectivity index (χ3n) is 2.22. The minimum absolute atomic E-state index is 0.265. The molecular weight excluding hydrogens is 471 g/mol. The summed E-state index contributed by atoms with van der Waals surface area (Å²) >= 11 is 1.04. The van der Waals surface area contributed by atoms with E-state index < -0.39 is 15.7 Å². The Bertz CT molecular complexity index is 493. The van der Waals surface area contributed by atoms with Gasteiger partial charge in [-0.1, -0.05) is 0 Å². The summed E-state index contributed by atoms with van der Waals surface area (Å²) in [6.45, 7) is 1.96. The van der Waals surface area contributed by atoms with Crippen molar-refractivity contribution in [1.82, 2.24) is 0 Å². The van der Waals surface area contributed by atoms with Gasteiger partial charge in [0.15, 0.2) is 0 Å². The minimum atomic E-state index is -4.28. The molecule has 1 rings (SSSR count). The van der Waals surface area contributed by atoms with Gasteiger partial charge >= 0.3 is 136 Å². The molecule has 0 saturated carbocycles. The normalized spacial score (nSPS) is 12.8. The van der Waals surface area contributed by atoms with E-state index in [0.29, 0.717) is 56.2 Å². The van der Waals surface area contributed by atoms with Crippen LogP contribution in [0.2, 0.25) is 0 Å². The van der Waals surface area contributed by atoms with E-state index in [4.69, 9.17) is 4.74 Å². The van der Waals surface area contributed by atoms with Gasteiger partial charge < -0.3 is 0 Å². The van der Waals surface area contributed by atoms with Gasteiger partial charge in [-0.25, -0.2) is 0 Å². The van der Waals surface area contributed by atoms with Crippen molar-refractivity contribution in [3.63, 3.8) is 0 Å². The van der Waals surface area contributed by atoms with Crippen molar-refractivity contribution in [3.8, 4) is 0 Å². The van der Waals surface area contributed by atoms with E-state index in [1.807, 2.05) is 0 Å². The Morgan fingerprint density at radius 1 is 1.16 bits per heavy atom. The van der Waals surface area contributed by atoms with Gasteiger partial charge in [-0.15, -0.1) is 0 Å². The van der Waals surface area contributed by atoms with Crippen LogP contribution in [0.25, 0.3) is 3.59 Å². The van der Waals surface area contributed by atoms with Crippen molar-refractivity contribution >= 4 is 54.6 Å². The van der Waals surface area contributed by atoms with E-state index in [0.717, 1.165) is 0 Å². The predicted octanol–water partition coefficient (Wildman–Crippen LogP) is 2.43. The van der Waals surface area contributed by atoms with E-state index >= 15 is 0 Å². The quantitative estimate of drug-likeness (QED) is 0.492. The molecule has 96 valence electrons. The average molecular weight is 480 g/mol. The topological polar surface area (TPSA) is 26.3 Å². The van der Waals surface area contributed by atoms with Crippen LogP contribution >= 0.6 is 0 Å². The van der Waals surface area contributed by atoms with Crippen molar-refractivity contribution in [2.24, 2.45) is 0 Å². The number of ether oxygens (including phenoxy) is 1. The summed E-state index contributed by atoms with van der Waals surface area (Å²) in [5.74, 6) is -0.470. The Morgan fingerprint density at radius 3 is 2.05 bits per heavy atom. The van der Waals surface area contributed by atoms with Crippen LogP contribution in [0.3, 0.4) is 0 Å². The van der Waals surface area contributed by atoms with E-state index in [-0.39, 0.29) is 10.2 Å². The van der Waals surface area contributed by atoms with E-state index in [2.05, 4.69) is 0 Å². The number of hydrogen-bond donors (Lipinski definition) is 0. The van der Waals surface area contributed by atoms with Gasteiger partial charge in [0.2, 0.25) is 0 Å². The van der Waals surface area contributed by atoms with Crippen LogP contribution in [0, 0.1) is 0 Å². The molecule has 4 radical (unpaired) electrons. The maximum atomic E-state index is 12.6. The van der Waals surface area contributed by atoms with Gasteiger partial charge in [-0.05, 0) is 0 Å². The molecule has 0 aliphatic heterocycles. The van der Waals surface area contributed by atoms with Crippen LogP contribution in [0.15, 0.2) is 27.9 Å². The van der Waals surface area contributed by atoms with Gasteiger partial charge in [0.25, 0.3) is 0 Å². The first kappa shape index (κ1) is 16.9. The third kappa shape index (κ3) is 4.69. The van der Waals surface area contributed by atoms with Gasteiger partial charge in [0.1, 0.15) is 0 Å². The molecule has 1 aromatic carbocycles. The standard InChI is InChI=1S/C12H9F3O2.2Sn/c1-2-17-11(16)10-5-3-9(4-6-10)7-8-12(13,14)15;;/h3-6H,2H2,1H3;;/q;2*+1. The molecule has 0 amide bonds. The molecule has 2 nitrogen and oxygen atoms in total. The number of carbonyl (C=O) groups is 1. The Balaban J connectivity index is 3.03. The molecular formula is C12H9F3O2Sn2+2. The summed E-state index contributed by atoms with van der Waals surface area (Å²) in [5, 5.41) is 0. The van der Waals surface area contributed by atoms with Gasteiger partial charge in [-0.2, -0.15) is 0 Å². The fourth-order valence-corrected chi connectivity index (χ4v) is 2.57. The maximum absolute atomic E-state index is 12.6. The van der Waals surface area contributed by atoms with Crippen LogP contribution in [0.5, 0.6) is 0 Å². The zero-order chi connectivity index (χ0) is 14.6. The SMILES string of the molecule is CCOC(=O)c1ccc(/[C]([Sn+])=[C](/[Sn+])C(F)(F)F)cc1. The molecule has 0 aromatic heterocycles. The molecule has 0 aliphatic rings. The van der Waals surface area contributed by atoms with Crippen LogP contribution < -0.4 is 0 Å². The number of allylic oxidation sites excluding steroid dienone is 1. The van der Waals surface area contributed by atoms with Gasteiger partial charge in [0.05, 0.1) is 0 Å². The summed E-state index contributed by atoms with van der Waals surface area (Å²) in [6, 6.07) is 6.01. The number of rotatable bonds is 3. The molecule has 0 saturated heterocycles. The van der Waals surface area contributed by atoms with Crippen LogP contribution in [0.4, 0.5) is 13.2 Å². The Labute approximate surface area is 135 Å². The van der Waals surface area contributed by atoms with E-state index in [1.165, 1.54) is 24.3 Å². The second kappa shape index (κ2) is 7.01.